The van der Waals surface area contributed by atoms with Crippen LogP contribution in [0, 0.1) is 24.1 Å². The molecule has 6 heteroatoms. The Morgan fingerprint density at radius 3 is 3.00 bits per heavy atom. The van der Waals surface area contributed by atoms with Crippen molar-refractivity contribution in [3.63, 3.8) is 0 Å². The quantitative estimate of drug-likeness (QED) is 0.819. The summed E-state index contributed by atoms with van der Waals surface area (Å²) in [6, 6.07) is 3.45. The van der Waals surface area contributed by atoms with E-state index in [0.29, 0.717) is 12.3 Å². The van der Waals surface area contributed by atoms with Crippen LogP contribution in [0.5, 0.6) is 5.75 Å². The summed E-state index contributed by atoms with van der Waals surface area (Å²) in [5, 5.41) is 12.5. The predicted molar refractivity (Wildman–Crippen MR) is 85.7 cm³/mol. The molecule has 2 atom stereocenters. The van der Waals surface area contributed by atoms with Crippen LogP contribution in [-0.2, 0) is 0 Å². The maximum atomic E-state index is 13.4. The zero-order valence-corrected chi connectivity index (χ0v) is 13.1. The Morgan fingerprint density at radius 2 is 2.35 bits per heavy atom. The van der Waals surface area contributed by atoms with Crippen LogP contribution in [0.4, 0.5) is 14.9 Å². The summed E-state index contributed by atoms with van der Waals surface area (Å²) >= 11 is 0. The first-order chi connectivity index (χ1) is 11.0. The molecular weight excluding hydrogens is 299 g/mol. The Balaban J connectivity index is 2.01. The molecule has 124 valence electrons. The van der Waals surface area contributed by atoms with Crippen molar-refractivity contribution in [2.45, 2.75) is 25.4 Å². The molecule has 2 unspecified atom stereocenters. The van der Waals surface area contributed by atoms with Crippen molar-refractivity contribution in [2.24, 2.45) is 5.92 Å². The van der Waals surface area contributed by atoms with Crippen LogP contribution in [0.25, 0.3) is 0 Å². The Morgan fingerprint density at radius 1 is 1.57 bits per heavy atom. The lowest BCUT2D eigenvalue weighted by Crippen LogP contribution is -2.37. The number of anilines is 1. The first kappa shape index (κ1) is 17.1. The molecule has 0 bridgehead atoms. The number of carbonyl (C=O) groups excluding carboxylic acids is 1. The largest absolute Gasteiger partial charge is 0.479 e. The average molecular weight is 320 g/mol. The lowest BCUT2D eigenvalue weighted by Gasteiger charge is -2.24. The van der Waals surface area contributed by atoms with E-state index in [1.54, 1.807) is 7.05 Å². The van der Waals surface area contributed by atoms with Gasteiger partial charge in [0.25, 0.3) is 0 Å². The minimum Gasteiger partial charge on any atom is -0.479 e. The fraction of sp³-hybridized carbons (Fsp3) is 0.471. The molecule has 1 fully saturated rings. The molecule has 0 radical (unpaired) electrons. The SMILES string of the molecule is C#CCOc1ccc(F)cc1NC(=O)N(C)CC1CCCC1O. The Bertz CT molecular complexity index is 600. The van der Waals surface area contributed by atoms with Gasteiger partial charge in [-0.15, -0.1) is 6.42 Å². The van der Waals surface area contributed by atoms with E-state index >= 15 is 0 Å². The van der Waals surface area contributed by atoms with Crippen molar-refractivity contribution in [3.8, 4) is 18.1 Å². The van der Waals surface area contributed by atoms with E-state index in [4.69, 9.17) is 11.2 Å². The highest BCUT2D eigenvalue weighted by Gasteiger charge is 2.27. The lowest BCUT2D eigenvalue weighted by molar-refractivity contribution is 0.116. The van der Waals surface area contributed by atoms with Gasteiger partial charge in [-0.05, 0) is 25.0 Å². The molecule has 1 aliphatic rings. The number of rotatable bonds is 5. The van der Waals surface area contributed by atoms with Crippen LogP contribution in [0.15, 0.2) is 18.2 Å². The molecule has 1 saturated carbocycles. The van der Waals surface area contributed by atoms with E-state index in [9.17, 15) is 14.3 Å². The maximum Gasteiger partial charge on any atom is 0.321 e. The van der Waals surface area contributed by atoms with Crippen molar-refractivity contribution in [1.29, 1.82) is 0 Å². The predicted octanol–water partition coefficient (Wildman–Crippen LogP) is 2.46. The third-order valence-corrected chi connectivity index (χ3v) is 3.97. The Hall–Kier alpha value is -2.26. The summed E-state index contributed by atoms with van der Waals surface area (Å²) < 4.78 is 18.7. The van der Waals surface area contributed by atoms with Gasteiger partial charge < -0.3 is 20.1 Å². The van der Waals surface area contributed by atoms with Gasteiger partial charge in [0.15, 0.2) is 0 Å². The molecule has 2 N–H and O–H groups in total. The molecule has 2 rings (SSSR count). The highest BCUT2D eigenvalue weighted by Crippen LogP contribution is 2.28. The zero-order chi connectivity index (χ0) is 16.8. The standard InChI is InChI=1S/C17H21FN2O3/c1-3-9-23-16-8-7-13(18)10-14(16)19-17(22)20(2)11-12-5-4-6-15(12)21/h1,7-8,10,12,15,21H,4-6,9,11H2,2H3,(H,19,22). The summed E-state index contributed by atoms with van der Waals surface area (Å²) in [6.45, 7) is 0.474. The molecule has 1 aromatic carbocycles. The van der Waals surface area contributed by atoms with Gasteiger partial charge in [-0.1, -0.05) is 12.3 Å². The van der Waals surface area contributed by atoms with Crippen LogP contribution in [0.1, 0.15) is 19.3 Å². The Kier molecular flexibility index (Phi) is 5.83. The molecule has 2 amide bonds. The molecule has 1 aromatic rings. The molecular formula is C17H21FN2O3. The second kappa shape index (κ2) is 7.84. The second-order valence-electron chi connectivity index (χ2n) is 5.70. The number of nitrogens with zero attached hydrogens (tertiary/aromatic N) is 1. The van der Waals surface area contributed by atoms with Crippen molar-refractivity contribution in [1.82, 2.24) is 4.90 Å². The summed E-state index contributed by atoms with van der Waals surface area (Å²) in [6.07, 6.45) is 7.41. The molecule has 0 aromatic heterocycles. The number of urea groups is 1. The highest BCUT2D eigenvalue weighted by atomic mass is 19.1. The van der Waals surface area contributed by atoms with Crippen LogP contribution < -0.4 is 10.1 Å². The van der Waals surface area contributed by atoms with Crippen molar-refractivity contribution >= 4 is 11.7 Å². The van der Waals surface area contributed by atoms with Gasteiger partial charge in [0.2, 0.25) is 0 Å². The summed E-state index contributed by atoms with van der Waals surface area (Å²) in [4.78, 5) is 13.7. The minimum atomic E-state index is -0.484. The number of aliphatic hydroxyl groups excluding tert-OH is 1. The average Bonchev–Trinajstić information content (AvgIpc) is 2.91. The number of benzene rings is 1. The van der Waals surface area contributed by atoms with E-state index in [-0.39, 0.29) is 30.3 Å². The molecule has 0 heterocycles. The smallest absolute Gasteiger partial charge is 0.321 e. The third-order valence-electron chi connectivity index (χ3n) is 3.97. The van der Waals surface area contributed by atoms with Crippen molar-refractivity contribution in [3.05, 3.63) is 24.0 Å². The van der Waals surface area contributed by atoms with Crippen LogP contribution in [0.3, 0.4) is 0 Å². The van der Waals surface area contributed by atoms with E-state index in [0.717, 1.165) is 19.3 Å². The van der Waals surface area contributed by atoms with Crippen molar-refractivity contribution < 1.29 is 19.0 Å². The van der Waals surface area contributed by atoms with E-state index < -0.39 is 5.82 Å². The topological polar surface area (TPSA) is 61.8 Å². The van der Waals surface area contributed by atoms with Gasteiger partial charge in [0.1, 0.15) is 18.2 Å². The number of halogens is 1. The number of hydrogen-bond donors (Lipinski definition) is 2. The van der Waals surface area contributed by atoms with Gasteiger partial charge in [-0.2, -0.15) is 0 Å². The number of hydrogen-bond acceptors (Lipinski definition) is 3. The maximum absolute atomic E-state index is 13.4. The van der Waals surface area contributed by atoms with Gasteiger partial charge in [-0.25, -0.2) is 9.18 Å². The van der Waals surface area contributed by atoms with E-state index in [1.807, 2.05) is 0 Å². The van der Waals surface area contributed by atoms with Gasteiger partial charge in [0, 0.05) is 25.6 Å². The number of nitrogens with one attached hydrogen (secondary N) is 1. The van der Waals surface area contributed by atoms with Gasteiger partial charge in [-0.3, -0.25) is 0 Å². The molecule has 0 spiro atoms. The Labute approximate surface area is 135 Å². The van der Waals surface area contributed by atoms with Crippen LogP contribution in [0.2, 0.25) is 0 Å². The number of aliphatic hydroxyl groups is 1. The number of amides is 2. The summed E-state index contributed by atoms with van der Waals surface area (Å²) in [5.41, 5.74) is 0.226. The van der Waals surface area contributed by atoms with Crippen LogP contribution >= 0.6 is 0 Å². The number of carbonyl (C=O) groups is 1. The highest BCUT2D eigenvalue weighted by molar-refractivity contribution is 5.90. The molecule has 0 saturated heterocycles. The molecule has 23 heavy (non-hydrogen) atoms. The third kappa shape index (κ3) is 4.60. The number of terminal acetylenes is 1. The molecule has 5 nitrogen and oxygen atoms in total. The zero-order valence-electron chi connectivity index (χ0n) is 13.1. The van der Waals surface area contributed by atoms with Gasteiger partial charge >= 0.3 is 6.03 Å². The van der Waals surface area contributed by atoms with Crippen LogP contribution in [-0.4, -0.2) is 42.3 Å². The fourth-order valence-corrected chi connectivity index (χ4v) is 2.72. The molecule has 1 aliphatic carbocycles. The van der Waals surface area contributed by atoms with E-state index in [1.165, 1.54) is 23.1 Å². The first-order valence-electron chi connectivity index (χ1n) is 7.57. The lowest BCUT2D eigenvalue weighted by atomic mass is 10.1. The first-order valence-corrected chi connectivity index (χ1v) is 7.57. The second-order valence-corrected chi connectivity index (χ2v) is 5.70. The van der Waals surface area contributed by atoms with E-state index in [2.05, 4.69) is 11.2 Å². The van der Waals surface area contributed by atoms with Gasteiger partial charge in [0.05, 0.1) is 11.8 Å². The normalized spacial score (nSPS) is 19.9. The monoisotopic (exact) mass is 320 g/mol. The number of ether oxygens (including phenoxy) is 1. The minimum absolute atomic E-state index is 0.0264. The summed E-state index contributed by atoms with van der Waals surface area (Å²) in [7, 11) is 1.64. The fourth-order valence-electron chi connectivity index (χ4n) is 2.72. The van der Waals surface area contributed by atoms with Crippen molar-refractivity contribution in [2.75, 3.05) is 25.5 Å². The molecule has 0 aliphatic heterocycles. The summed E-state index contributed by atoms with van der Waals surface area (Å²) in [5.74, 6) is 2.23.